The summed E-state index contributed by atoms with van der Waals surface area (Å²) in [5.74, 6) is -0.412. The van der Waals surface area contributed by atoms with Crippen LogP contribution in [0, 0.1) is 0 Å². The third-order valence-corrected chi connectivity index (χ3v) is 5.17. The Kier molecular flexibility index (Phi) is 5.92. The first-order valence-corrected chi connectivity index (χ1v) is 10.0. The van der Waals surface area contributed by atoms with Crippen LogP contribution in [0.2, 0.25) is 0 Å². The van der Waals surface area contributed by atoms with Crippen LogP contribution >= 0.6 is 0 Å². The standard InChI is InChI=1S/C22H23N5O4/c1-3-31-22(29)19-17-14-26(21(28)16-5-4-9-24-20(16)30-2)12-8-18(17)27(25-19)13-15-6-10-23-11-7-15/h4-7,9-11H,3,8,12-14H2,1-2H3. The predicted molar refractivity (Wildman–Crippen MR) is 111 cm³/mol. The summed E-state index contributed by atoms with van der Waals surface area (Å²) in [4.78, 5) is 35.6. The molecule has 0 N–H and O–H groups in total. The zero-order chi connectivity index (χ0) is 21.8. The highest BCUT2D eigenvalue weighted by Gasteiger charge is 2.32. The van der Waals surface area contributed by atoms with Crippen LogP contribution in [0.5, 0.6) is 5.88 Å². The third-order valence-electron chi connectivity index (χ3n) is 5.17. The first-order chi connectivity index (χ1) is 15.1. The minimum absolute atomic E-state index is 0.202. The summed E-state index contributed by atoms with van der Waals surface area (Å²) in [5.41, 5.74) is 3.31. The third kappa shape index (κ3) is 4.11. The van der Waals surface area contributed by atoms with Crippen molar-refractivity contribution in [2.24, 2.45) is 0 Å². The van der Waals surface area contributed by atoms with E-state index in [0.717, 1.165) is 16.8 Å². The molecule has 0 bridgehead atoms. The van der Waals surface area contributed by atoms with E-state index in [0.29, 0.717) is 25.1 Å². The fourth-order valence-corrected chi connectivity index (χ4v) is 3.71. The average molecular weight is 421 g/mol. The molecule has 4 heterocycles. The van der Waals surface area contributed by atoms with Crippen LogP contribution in [0.4, 0.5) is 0 Å². The van der Waals surface area contributed by atoms with Gasteiger partial charge >= 0.3 is 5.97 Å². The van der Waals surface area contributed by atoms with Crippen LogP contribution in [-0.2, 0) is 24.2 Å². The number of nitrogens with zero attached hydrogens (tertiary/aromatic N) is 5. The van der Waals surface area contributed by atoms with Crippen LogP contribution in [0.3, 0.4) is 0 Å². The molecular formula is C22H23N5O4. The number of ether oxygens (including phenoxy) is 2. The lowest BCUT2D eigenvalue weighted by Crippen LogP contribution is -2.37. The normalized spacial score (nSPS) is 12.9. The zero-order valence-corrected chi connectivity index (χ0v) is 17.4. The molecule has 31 heavy (non-hydrogen) atoms. The number of hydrogen-bond donors (Lipinski definition) is 0. The van der Waals surface area contributed by atoms with Gasteiger partial charge in [0, 0.05) is 42.8 Å². The second kappa shape index (κ2) is 8.95. The maximum Gasteiger partial charge on any atom is 0.359 e. The lowest BCUT2D eigenvalue weighted by Gasteiger charge is -2.28. The molecule has 1 amide bonds. The van der Waals surface area contributed by atoms with Gasteiger partial charge in [-0.05, 0) is 36.8 Å². The first kappa shape index (κ1) is 20.5. The quantitative estimate of drug-likeness (QED) is 0.562. The highest BCUT2D eigenvalue weighted by atomic mass is 16.5. The summed E-state index contributed by atoms with van der Waals surface area (Å²) in [6, 6.07) is 7.20. The molecule has 0 aliphatic carbocycles. The molecule has 0 saturated carbocycles. The molecule has 1 aliphatic heterocycles. The number of methoxy groups -OCH3 is 1. The van der Waals surface area contributed by atoms with Crippen molar-refractivity contribution in [1.82, 2.24) is 24.6 Å². The van der Waals surface area contributed by atoms with E-state index in [2.05, 4.69) is 15.1 Å². The minimum atomic E-state index is -0.486. The van der Waals surface area contributed by atoms with Crippen molar-refractivity contribution < 1.29 is 19.1 Å². The summed E-state index contributed by atoms with van der Waals surface area (Å²) in [7, 11) is 1.48. The molecule has 0 unspecified atom stereocenters. The average Bonchev–Trinajstić information content (AvgIpc) is 3.17. The van der Waals surface area contributed by atoms with Gasteiger partial charge in [0.1, 0.15) is 5.56 Å². The molecular weight excluding hydrogens is 398 g/mol. The van der Waals surface area contributed by atoms with Crippen molar-refractivity contribution in [2.45, 2.75) is 26.4 Å². The molecule has 160 valence electrons. The fraction of sp³-hybridized carbons (Fsp3) is 0.318. The van der Waals surface area contributed by atoms with Gasteiger partial charge in [0.25, 0.3) is 5.91 Å². The van der Waals surface area contributed by atoms with Gasteiger partial charge in [-0.1, -0.05) is 0 Å². The number of aromatic nitrogens is 4. The number of carbonyl (C=O) groups is 2. The molecule has 0 fully saturated rings. The van der Waals surface area contributed by atoms with Gasteiger partial charge in [-0.25, -0.2) is 9.78 Å². The number of amides is 1. The van der Waals surface area contributed by atoms with Crippen LogP contribution in [0.1, 0.15) is 44.6 Å². The number of hydrogen-bond acceptors (Lipinski definition) is 7. The summed E-state index contributed by atoms with van der Waals surface area (Å²) < 4.78 is 12.3. The molecule has 3 aromatic rings. The van der Waals surface area contributed by atoms with E-state index >= 15 is 0 Å². The fourth-order valence-electron chi connectivity index (χ4n) is 3.71. The Morgan fingerprint density at radius 3 is 2.71 bits per heavy atom. The van der Waals surface area contributed by atoms with Crippen molar-refractivity contribution in [3.8, 4) is 5.88 Å². The zero-order valence-electron chi connectivity index (χ0n) is 17.4. The summed E-state index contributed by atoms with van der Waals surface area (Å²) >= 11 is 0. The van der Waals surface area contributed by atoms with E-state index in [1.165, 1.54) is 7.11 Å². The Bertz CT molecular complexity index is 1100. The number of esters is 1. The molecule has 9 nitrogen and oxygen atoms in total. The van der Waals surface area contributed by atoms with Gasteiger partial charge in [-0.2, -0.15) is 5.10 Å². The van der Waals surface area contributed by atoms with E-state index < -0.39 is 5.97 Å². The Labute approximate surface area is 179 Å². The predicted octanol–water partition coefficient (Wildman–Crippen LogP) is 2.11. The molecule has 0 spiro atoms. The maximum absolute atomic E-state index is 13.1. The van der Waals surface area contributed by atoms with E-state index in [1.54, 1.807) is 42.5 Å². The Hall–Kier alpha value is -3.75. The van der Waals surface area contributed by atoms with Crippen molar-refractivity contribution in [1.29, 1.82) is 0 Å². The first-order valence-electron chi connectivity index (χ1n) is 10.0. The summed E-state index contributed by atoms with van der Waals surface area (Å²) in [6.45, 7) is 3.27. The second-order valence-corrected chi connectivity index (χ2v) is 7.04. The SMILES string of the molecule is CCOC(=O)c1nn(Cc2ccncc2)c2c1CN(C(=O)c1cccnc1OC)CC2. The number of carbonyl (C=O) groups excluding carboxylic acids is 2. The highest BCUT2D eigenvalue weighted by Crippen LogP contribution is 2.27. The smallest absolute Gasteiger partial charge is 0.359 e. The van der Waals surface area contributed by atoms with Gasteiger partial charge in [0.05, 0.1) is 26.8 Å². The molecule has 0 atom stereocenters. The molecule has 4 rings (SSSR count). The van der Waals surface area contributed by atoms with Crippen molar-refractivity contribution >= 4 is 11.9 Å². The van der Waals surface area contributed by atoms with Crippen LogP contribution in [0.15, 0.2) is 42.9 Å². The molecule has 0 saturated heterocycles. The van der Waals surface area contributed by atoms with Crippen LogP contribution < -0.4 is 4.74 Å². The minimum Gasteiger partial charge on any atom is -0.480 e. The second-order valence-electron chi connectivity index (χ2n) is 7.04. The molecule has 3 aromatic heterocycles. The number of rotatable bonds is 6. The van der Waals surface area contributed by atoms with E-state index in [1.807, 2.05) is 16.8 Å². The lowest BCUT2D eigenvalue weighted by molar-refractivity contribution is 0.0513. The Morgan fingerprint density at radius 1 is 1.16 bits per heavy atom. The van der Waals surface area contributed by atoms with Gasteiger partial charge in [0.2, 0.25) is 5.88 Å². The van der Waals surface area contributed by atoms with Gasteiger partial charge in [-0.15, -0.1) is 0 Å². The highest BCUT2D eigenvalue weighted by molar-refractivity contribution is 5.97. The van der Waals surface area contributed by atoms with Crippen LogP contribution in [-0.4, -0.2) is 56.8 Å². The van der Waals surface area contributed by atoms with Crippen molar-refractivity contribution in [2.75, 3.05) is 20.3 Å². The van der Waals surface area contributed by atoms with Crippen molar-refractivity contribution in [3.63, 3.8) is 0 Å². The van der Waals surface area contributed by atoms with Gasteiger partial charge in [-0.3, -0.25) is 14.5 Å². The van der Waals surface area contributed by atoms with Gasteiger partial charge < -0.3 is 14.4 Å². The number of pyridine rings is 2. The molecule has 0 radical (unpaired) electrons. The molecule has 9 heteroatoms. The Morgan fingerprint density at radius 2 is 1.97 bits per heavy atom. The van der Waals surface area contributed by atoms with E-state index in [-0.39, 0.29) is 30.6 Å². The summed E-state index contributed by atoms with van der Waals surface area (Å²) in [6.07, 6.45) is 5.59. The van der Waals surface area contributed by atoms with Crippen molar-refractivity contribution in [3.05, 3.63) is 70.9 Å². The van der Waals surface area contributed by atoms with E-state index in [9.17, 15) is 9.59 Å². The summed E-state index contributed by atoms with van der Waals surface area (Å²) in [5, 5.41) is 4.55. The Balaban J connectivity index is 1.67. The topological polar surface area (TPSA) is 99.4 Å². The van der Waals surface area contributed by atoms with Gasteiger partial charge in [0.15, 0.2) is 5.69 Å². The van der Waals surface area contributed by atoms with Crippen LogP contribution in [0.25, 0.3) is 0 Å². The monoisotopic (exact) mass is 421 g/mol. The largest absolute Gasteiger partial charge is 0.480 e. The maximum atomic E-state index is 13.1. The number of fused-ring (bicyclic) bond motifs is 1. The van der Waals surface area contributed by atoms with E-state index in [4.69, 9.17) is 9.47 Å². The molecule has 1 aliphatic rings. The molecule has 0 aromatic carbocycles. The lowest BCUT2D eigenvalue weighted by atomic mass is 10.0.